The Hall–Kier alpha value is -1.91. The molecule has 0 amide bonds. The Labute approximate surface area is 119 Å². The Bertz CT molecular complexity index is 541. The van der Waals surface area contributed by atoms with Gasteiger partial charge in [-0.1, -0.05) is 26.3 Å². The summed E-state index contributed by atoms with van der Waals surface area (Å²) in [6, 6.07) is 8.81. The van der Waals surface area contributed by atoms with Crippen LogP contribution in [-0.2, 0) is 0 Å². The minimum Gasteiger partial charge on any atom is -0.382 e. The highest BCUT2D eigenvalue weighted by Crippen LogP contribution is 2.31. The van der Waals surface area contributed by atoms with Gasteiger partial charge < -0.3 is 5.32 Å². The molecule has 1 aromatic carbocycles. The van der Waals surface area contributed by atoms with Crippen molar-refractivity contribution in [3.05, 3.63) is 30.6 Å². The molecule has 20 heavy (non-hydrogen) atoms. The molecule has 106 valence electrons. The second kappa shape index (κ2) is 5.61. The summed E-state index contributed by atoms with van der Waals surface area (Å²) in [6.07, 6.45) is 5.60. The largest absolute Gasteiger partial charge is 0.382 e. The highest BCUT2D eigenvalue weighted by atomic mass is 15.5. The van der Waals surface area contributed by atoms with E-state index in [-0.39, 0.29) is 0 Å². The summed E-state index contributed by atoms with van der Waals surface area (Å²) in [4.78, 5) is 0. The number of anilines is 1. The van der Waals surface area contributed by atoms with Gasteiger partial charge in [-0.2, -0.15) is 0 Å². The molecule has 0 spiro atoms. The van der Waals surface area contributed by atoms with Gasteiger partial charge in [-0.15, -0.1) is 5.10 Å². The van der Waals surface area contributed by atoms with Gasteiger partial charge in [0.15, 0.2) is 0 Å². The molecule has 5 heteroatoms. The first-order valence-corrected chi connectivity index (χ1v) is 7.34. The van der Waals surface area contributed by atoms with Crippen molar-refractivity contribution in [1.29, 1.82) is 0 Å². The Morgan fingerprint density at radius 1 is 1.20 bits per heavy atom. The van der Waals surface area contributed by atoms with Crippen LogP contribution < -0.4 is 5.32 Å². The zero-order chi connectivity index (χ0) is 13.9. The summed E-state index contributed by atoms with van der Waals surface area (Å²) in [5, 5.41) is 15.0. The van der Waals surface area contributed by atoms with Crippen LogP contribution in [0.2, 0.25) is 0 Å². The minimum absolute atomic E-state index is 0.549. The van der Waals surface area contributed by atoms with Gasteiger partial charge in [0.05, 0.1) is 5.69 Å². The summed E-state index contributed by atoms with van der Waals surface area (Å²) < 4.78 is 1.68. The van der Waals surface area contributed by atoms with Crippen molar-refractivity contribution < 1.29 is 0 Å². The number of nitrogens with zero attached hydrogens (tertiary/aromatic N) is 4. The third-order valence-electron chi connectivity index (χ3n) is 4.34. The van der Waals surface area contributed by atoms with Gasteiger partial charge in [-0.05, 0) is 53.3 Å². The fraction of sp³-hybridized carbons (Fsp3) is 0.533. The molecule has 0 aliphatic heterocycles. The lowest BCUT2D eigenvalue weighted by molar-refractivity contribution is 0.268. The molecule has 1 aliphatic carbocycles. The second-order valence-corrected chi connectivity index (χ2v) is 5.86. The van der Waals surface area contributed by atoms with Gasteiger partial charge in [-0.3, -0.25) is 0 Å². The predicted molar refractivity (Wildman–Crippen MR) is 78.7 cm³/mol. The number of rotatable bonds is 3. The van der Waals surface area contributed by atoms with Crippen LogP contribution in [0.15, 0.2) is 30.6 Å². The van der Waals surface area contributed by atoms with Crippen LogP contribution in [0.5, 0.6) is 0 Å². The van der Waals surface area contributed by atoms with Crippen molar-refractivity contribution in [3.8, 4) is 5.69 Å². The number of hydrogen-bond acceptors (Lipinski definition) is 4. The van der Waals surface area contributed by atoms with Crippen LogP contribution >= 0.6 is 0 Å². The van der Waals surface area contributed by atoms with Crippen LogP contribution in [-0.4, -0.2) is 26.2 Å². The molecule has 0 bridgehead atoms. The zero-order valence-corrected chi connectivity index (χ0v) is 12.0. The lowest BCUT2D eigenvalue weighted by Crippen LogP contribution is -2.37. The van der Waals surface area contributed by atoms with Crippen molar-refractivity contribution in [2.24, 2.45) is 11.8 Å². The van der Waals surface area contributed by atoms with Crippen molar-refractivity contribution in [2.45, 2.75) is 39.2 Å². The van der Waals surface area contributed by atoms with E-state index >= 15 is 0 Å². The van der Waals surface area contributed by atoms with E-state index in [1.165, 1.54) is 19.3 Å². The smallest absolute Gasteiger partial charge is 0.143 e. The summed E-state index contributed by atoms with van der Waals surface area (Å²) in [7, 11) is 0. The van der Waals surface area contributed by atoms with Crippen LogP contribution in [0.1, 0.15) is 33.1 Å². The highest BCUT2D eigenvalue weighted by Gasteiger charge is 2.27. The Balaban J connectivity index is 1.79. The molecule has 1 saturated carbocycles. The van der Waals surface area contributed by atoms with Crippen molar-refractivity contribution in [3.63, 3.8) is 0 Å². The quantitative estimate of drug-likeness (QED) is 0.932. The molecule has 0 radical (unpaired) electrons. The Morgan fingerprint density at radius 3 is 2.70 bits per heavy atom. The average Bonchev–Trinajstić information content (AvgIpc) is 2.98. The van der Waals surface area contributed by atoms with E-state index in [9.17, 15) is 0 Å². The van der Waals surface area contributed by atoms with E-state index in [1.54, 1.807) is 11.0 Å². The van der Waals surface area contributed by atoms with E-state index in [2.05, 4.69) is 46.8 Å². The molecular weight excluding hydrogens is 250 g/mol. The molecule has 5 nitrogen and oxygen atoms in total. The lowest BCUT2D eigenvalue weighted by atomic mass is 9.78. The van der Waals surface area contributed by atoms with E-state index in [0.29, 0.717) is 6.04 Å². The van der Waals surface area contributed by atoms with Crippen LogP contribution in [0.4, 0.5) is 5.69 Å². The first-order chi connectivity index (χ1) is 9.74. The molecule has 1 N–H and O–H groups in total. The van der Waals surface area contributed by atoms with Crippen LogP contribution in [0, 0.1) is 11.8 Å². The first-order valence-electron chi connectivity index (χ1n) is 7.34. The molecule has 2 aromatic rings. The topological polar surface area (TPSA) is 55.6 Å². The van der Waals surface area contributed by atoms with Crippen LogP contribution in [0.3, 0.4) is 0 Å². The molecule has 2 atom stereocenters. The summed E-state index contributed by atoms with van der Waals surface area (Å²) in [6.45, 7) is 4.69. The van der Waals surface area contributed by atoms with Gasteiger partial charge in [0.1, 0.15) is 6.33 Å². The maximum absolute atomic E-state index is 3.93. The Kier molecular flexibility index (Phi) is 3.67. The van der Waals surface area contributed by atoms with Crippen molar-refractivity contribution in [2.75, 3.05) is 5.32 Å². The molecular formula is C15H21N5. The number of nitrogens with one attached hydrogen (secondary N) is 1. The summed E-state index contributed by atoms with van der Waals surface area (Å²) >= 11 is 0. The molecule has 1 fully saturated rings. The minimum atomic E-state index is 0.549. The second-order valence-electron chi connectivity index (χ2n) is 5.86. The maximum Gasteiger partial charge on any atom is 0.143 e. The van der Waals surface area contributed by atoms with Gasteiger partial charge in [-0.25, -0.2) is 4.68 Å². The molecule has 1 heterocycles. The lowest BCUT2D eigenvalue weighted by Gasteiger charge is -2.36. The Morgan fingerprint density at radius 2 is 2.00 bits per heavy atom. The molecule has 0 saturated heterocycles. The van der Waals surface area contributed by atoms with E-state index in [1.807, 2.05) is 12.1 Å². The molecule has 2 unspecified atom stereocenters. The number of hydrogen-bond donors (Lipinski definition) is 1. The SMILES string of the molecule is CC1CCCC(C)C1Nc1cccc(-n2cnnn2)c1. The van der Waals surface area contributed by atoms with E-state index < -0.39 is 0 Å². The molecule has 1 aliphatic rings. The number of tetrazole rings is 1. The standard InChI is InChI=1S/C15H21N5/c1-11-5-3-6-12(2)15(11)17-13-7-4-8-14(9-13)20-10-16-18-19-20/h4,7-12,15,17H,3,5-6H2,1-2H3. The molecule has 3 rings (SSSR count). The average molecular weight is 271 g/mol. The zero-order valence-electron chi connectivity index (χ0n) is 12.0. The van der Waals surface area contributed by atoms with Gasteiger partial charge in [0, 0.05) is 11.7 Å². The van der Waals surface area contributed by atoms with Gasteiger partial charge in [0.25, 0.3) is 0 Å². The third-order valence-corrected chi connectivity index (χ3v) is 4.34. The summed E-state index contributed by atoms with van der Waals surface area (Å²) in [5.74, 6) is 1.44. The monoisotopic (exact) mass is 271 g/mol. The normalized spacial score (nSPS) is 26.4. The van der Waals surface area contributed by atoms with Crippen molar-refractivity contribution >= 4 is 5.69 Å². The maximum atomic E-state index is 3.93. The fourth-order valence-electron chi connectivity index (χ4n) is 3.18. The number of benzene rings is 1. The first kappa shape index (κ1) is 13.1. The van der Waals surface area contributed by atoms with Gasteiger partial charge in [0.2, 0.25) is 0 Å². The third kappa shape index (κ3) is 2.66. The van der Waals surface area contributed by atoms with E-state index in [0.717, 1.165) is 23.2 Å². The van der Waals surface area contributed by atoms with E-state index in [4.69, 9.17) is 0 Å². The van der Waals surface area contributed by atoms with Gasteiger partial charge >= 0.3 is 0 Å². The molecule has 1 aromatic heterocycles. The van der Waals surface area contributed by atoms with Crippen LogP contribution in [0.25, 0.3) is 5.69 Å². The van der Waals surface area contributed by atoms with Crippen molar-refractivity contribution in [1.82, 2.24) is 20.2 Å². The number of aromatic nitrogens is 4. The summed E-state index contributed by atoms with van der Waals surface area (Å²) in [5.41, 5.74) is 2.12. The fourth-order valence-corrected chi connectivity index (χ4v) is 3.18. The predicted octanol–water partition coefficient (Wildman–Crippen LogP) is 2.90. The highest BCUT2D eigenvalue weighted by molar-refractivity contribution is 5.51.